The van der Waals surface area contributed by atoms with Crippen LogP contribution in [0.2, 0.25) is 0 Å². The number of hydrogen-bond donors (Lipinski definition) is 0. The molecular weight excluding hydrogens is 244 g/mol. The fourth-order valence-electron chi connectivity index (χ4n) is 2.02. The van der Waals surface area contributed by atoms with Gasteiger partial charge in [0, 0.05) is 4.88 Å². The van der Waals surface area contributed by atoms with Gasteiger partial charge in [0.05, 0.1) is 6.42 Å². The molecule has 2 nitrogen and oxygen atoms in total. The van der Waals surface area contributed by atoms with Crippen molar-refractivity contribution < 1.29 is 9.53 Å². The third kappa shape index (κ3) is 3.84. The molecule has 2 rings (SSSR count). The lowest BCUT2D eigenvalue weighted by Gasteiger charge is -2.13. The minimum Gasteiger partial charge on any atom is -0.460 e. The molecule has 96 valence electrons. The zero-order chi connectivity index (χ0) is 13.0. The first kappa shape index (κ1) is 13.1. The Morgan fingerprint density at radius 1 is 1.56 bits per heavy atom. The number of esters is 1. The summed E-state index contributed by atoms with van der Waals surface area (Å²) in [4.78, 5) is 12.8. The molecule has 0 bridgehead atoms. The van der Waals surface area contributed by atoms with Crippen molar-refractivity contribution in [2.24, 2.45) is 5.92 Å². The van der Waals surface area contributed by atoms with Crippen molar-refractivity contribution in [2.45, 2.75) is 33.3 Å². The van der Waals surface area contributed by atoms with Gasteiger partial charge in [-0.2, -0.15) is 0 Å². The number of rotatable bonds is 4. The summed E-state index contributed by atoms with van der Waals surface area (Å²) >= 11 is 1.63. The van der Waals surface area contributed by atoms with E-state index in [0.717, 1.165) is 16.9 Å². The molecule has 18 heavy (non-hydrogen) atoms. The van der Waals surface area contributed by atoms with E-state index in [9.17, 15) is 4.79 Å². The SMILES string of the molecule is Cc1csc(COC(=O)CC2=CC=CC(C)C2)c1. The second kappa shape index (κ2) is 6.01. The normalized spacial score (nSPS) is 18.6. The van der Waals surface area contributed by atoms with Crippen LogP contribution in [0.15, 0.2) is 35.2 Å². The summed E-state index contributed by atoms with van der Waals surface area (Å²) in [7, 11) is 0. The van der Waals surface area contributed by atoms with Gasteiger partial charge in [-0.1, -0.05) is 30.7 Å². The molecule has 1 aliphatic carbocycles. The first-order chi connectivity index (χ1) is 8.63. The molecule has 0 aliphatic heterocycles. The molecule has 0 N–H and O–H groups in total. The van der Waals surface area contributed by atoms with Crippen LogP contribution in [-0.2, 0) is 16.1 Å². The summed E-state index contributed by atoms with van der Waals surface area (Å²) < 4.78 is 5.29. The summed E-state index contributed by atoms with van der Waals surface area (Å²) in [6.07, 6.45) is 7.59. The summed E-state index contributed by atoms with van der Waals surface area (Å²) in [6, 6.07) is 2.06. The van der Waals surface area contributed by atoms with Crippen LogP contribution in [0.5, 0.6) is 0 Å². The number of carbonyl (C=O) groups is 1. The largest absolute Gasteiger partial charge is 0.460 e. The Balaban J connectivity index is 1.79. The average Bonchev–Trinajstić information content (AvgIpc) is 2.73. The van der Waals surface area contributed by atoms with Gasteiger partial charge in [-0.05, 0) is 36.3 Å². The van der Waals surface area contributed by atoms with Crippen molar-refractivity contribution in [3.8, 4) is 0 Å². The molecule has 0 fully saturated rings. The first-order valence-electron chi connectivity index (χ1n) is 6.19. The number of aryl methyl sites for hydroxylation is 1. The highest BCUT2D eigenvalue weighted by atomic mass is 32.1. The van der Waals surface area contributed by atoms with Gasteiger partial charge in [-0.15, -0.1) is 11.3 Å². The number of ether oxygens (including phenoxy) is 1. The van der Waals surface area contributed by atoms with Crippen LogP contribution < -0.4 is 0 Å². The number of allylic oxidation sites excluding steroid dienone is 3. The quantitative estimate of drug-likeness (QED) is 0.766. The summed E-state index contributed by atoms with van der Waals surface area (Å²) in [5, 5.41) is 2.07. The van der Waals surface area contributed by atoms with Crippen molar-refractivity contribution in [2.75, 3.05) is 0 Å². The molecule has 0 amide bonds. The van der Waals surface area contributed by atoms with E-state index in [1.165, 1.54) is 5.56 Å². The second-order valence-electron chi connectivity index (χ2n) is 4.82. The Morgan fingerprint density at radius 2 is 2.39 bits per heavy atom. The standard InChI is InChI=1S/C15H18O2S/c1-11-4-3-5-13(6-11)8-15(16)17-9-14-7-12(2)10-18-14/h3-5,7,10-11H,6,8-9H2,1-2H3. The Kier molecular flexibility index (Phi) is 4.37. The molecule has 0 radical (unpaired) electrons. The highest BCUT2D eigenvalue weighted by molar-refractivity contribution is 7.10. The van der Waals surface area contributed by atoms with Gasteiger partial charge >= 0.3 is 5.97 Å². The zero-order valence-corrected chi connectivity index (χ0v) is 11.6. The maximum Gasteiger partial charge on any atom is 0.310 e. The fourth-order valence-corrected chi connectivity index (χ4v) is 2.80. The van der Waals surface area contributed by atoms with Crippen LogP contribution in [0.1, 0.15) is 30.2 Å². The lowest BCUT2D eigenvalue weighted by molar-refractivity contribution is -0.144. The predicted molar refractivity (Wildman–Crippen MR) is 74.5 cm³/mol. The van der Waals surface area contributed by atoms with E-state index in [1.54, 1.807) is 11.3 Å². The van der Waals surface area contributed by atoms with Gasteiger partial charge in [0.2, 0.25) is 0 Å². The monoisotopic (exact) mass is 262 g/mol. The van der Waals surface area contributed by atoms with Gasteiger partial charge in [-0.3, -0.25) is 4.79 Å². The third-order valence-electron chi connectivity index (χ3n) is 2.89. The third-order valence-corrected chi connectivity index (χ3v) is 3.92. The Hall–Kier alpha value is -1.35. The Labute approximate surface area is 112 Å². The van der Waals surface area contributed by atoms with Crippen LogP contribution in [-0.4, -0.2) is 5.97 Å². The lowest BCUT2D eigenvalue weighted by atomic mass is 9.94. The van der Waals surface area contributed by atoms with Crippen LogP contribution in [0.25, 0.3) is 0 Å². The van der Waals surface area contributed by atoms with Crippen LogP contribution in [0.4, 0.5) is 0 Å². The van der Waals surface area contributed by atoms with Gasteiger partial charge in [0.25, 0.3) is 0 Å². The molecule has 0 aromatic carbocycles. The Morgan fingerprint density at radius 3 is 3.06 bits per heavy atom. The van der Waals surface area contributed by atoms with E-state index in [0.29, 0.717) is 18.9 Å². The van der Waals surface area contributed by atoms with Crippen molar-refractivity contribution in [1.29, 1.82) is 0 Å². The number of hydrogen-bond acceptors (Lipinski definition) is 3. The van der Waals surface area contributed by atoms with Crippen molar-refractivity contribution in [3.05, 3.63) is 45.7 Å². The summed E-state index contributed by atoms with van der Waals surface area (Å²) in [6.45, 7) is 4.60. The molecule has 1 atom stereocenters. The highest BCUT2D eigenvalue weighted by Crippen LogP contribution is 2.21. The molecule has 1 aromatic rings. The minimum atomic E-state index is -0.130. The highest BCUT2D eigenvalue weighted by Gasteiger charge is 2.12. The van der Waals surface area contributed by atoms with Crippen LogP contribution >= 0.6 is 11.3 Å². The first-order valence-corrected chi connectivity index (χ1v) is 7.07. The lowest BCUT2D eigenvalue weighted by Crippen LogP contribution is -2.08. The maximum absolute atomic E-state index is 11.7. The zero-order valence-electron chi connectivity index (χ0n) is 10.8. The van der Waals surface area contributed by atoms with E-state index in [4.69, 9.17) is 4.74 Å². The number of carbonyl (C=O) groups excluding carboxylic acids is 1. The molecule has 1 unspecified atom stereocenters. The van der Waals surface area contributed by atoms with Gasteiger partial charge in [0.1, 0.15) is 6.61 Å². The van der Waals surface area contributed by atoms with Crippen LogP contribution in [0.3, 0.4) is 0 Å². The van der Waals surface area contributed by atoms with Crippen LogP contribution in [0, 0.1) is 12.8 Å². The molecule has 1 heterocycles. The van der Waals surface area contributed by atoms with Gasteiger partial charge in [-0.25, -0.2) is 0 Å². The summed E-state index contributed by atoms with van der Waals surface area (Å²) in [5.41, 5.74) is 2.39. The van der Waals surface area contributed by atoms with Crippen molar-refractivity contribution in [3.63, 3.8) is 0 Å². The van der Waals surface area contributed by atoms with Crippen molar-refractivity contribution >= 4 is 17.3 Å². The Bertz CT molecular complexity index is 482. The van der Waals surface area contributed by atoms with E-state index in [1.807, 2.05) is 19.1 Å². The smallest absolute Gasteiger partial charge is 0.310 e. The van der Waals surface area contributed by atoms with Gasteiger partial charge < -0.3 is 4.74 Å². The molecule has 3 heteroatoms. The minimum absolute atomic E-state index is 0.130. The molecule has 0 saturated heterocycles. The number of thiophene rings is 1. The fraction of sp³-hybridized carbons (Fsp3) is 0.400. The van der Waals surface area contributed by atoms with E-state index < -0.39 is 0 Å². The molecule has 1 aromatic heterocycles. The average molecular weight is 262 g/mol. The molecule has 0 spiro atoms. The van der Waals surface area contributed by atoms with E-state index in [2.05, 4.69) is 24.4 Å². The molecule has 0 saturated carbocycles. The van der Waals surface area contributed by atoms with Gasteiger partial charge in [0.15, 0.2) is 0 Å². The topological polar surface area (TPSA) is 26.3 Å². The summed E-state index contributed by atoms with van der Waals surface area (Å²) in [5.74, 6) is 0.396. The van der Waals surface area contributed by atoms with E-state index >= 15 is 0 Å². The second-order valence-corrected chi connectivity index (χ2v) is 5.81. The molecule has 1 aliphatic rings. The maximum atomic E-state index is 11.7. The van der Waals surface area contributed by atoms with E-state index in [-0.39, 0.29) is 5.97 Å². The van der Waals surface area contributed by atoms with Crippen molar-refractivity contribution in [1.82, 2.24) is 0 Å². The predicted octanol–water partition coefficient (Wildman–Crippen LogP) is 4.01. The molecular formula is C15H18O2S.